The maximum absolute atomic E-state index is 8.89. The number of nitriles is 1. The highest BCUT2D eigenvalue weighted by molar-refractivity contribution is 9.10. The van der Waals surface area contributed by atoms with Crippen LogP contribution < -0.4 is 5.73 Å². The Bertz CT molecular complexity index is 461. The van der Waals surface area contributed by atoms with Gasteiger partial charge in [-0.3, -0.25) is 4.90 Å². The zero-order chi connectivity index (χ0) is 15.7. The molecule has 2 atom stereocenters. The summed E-state index contributed by atoms with van der Waals surface area (Å²) in [5.41, 5.74) is 7.54. The molecule has 4 nitrogen and oxygen atoms in total. The highest BCUT2D eigenvalue weighted by Crippen LogP contribution is 2.31. The molecule has 0 saturated carbocycles. The minimum atomic E-state index is 0.0132. The number of hydrogen-bond donors (Lipinski definition) is 1. The maximum Gasteiger partial charge on any atom is 0.0635 e. The average Bonchev–Trinajstić information content (AvgIpc) is 2.51. The maximum atomic E-state index is 8.89. The summed E-state index contributed by atoms with van der Waals surface area (Å²) in [4.78, 5) is 2.25. The molecule has 116 valence electrons. The SMILES string of the molecule is CCC(N)C(c1ccccc1Br)N(CCC#N)CCOC. The Morgan fingerprint density at radius 1 is 1.38 bits per heavy atom. The van der Waals surface area contributed by atoms with Gasteiger partial charge in [0.25, 0.3) is 0 Å². The van der Waals surface area contributed by atoms with Gasteiger partial charge >= 0.3 is 0 Å². The quantitative estimate of drug-likeness (QED) is 0.740. The van der Waals surface area contributed by atoms with Gasteiger partial charge in [0.05, 0.1) is 18.7 Å². The van der Waals surface area contributed by atoms with Crippen LogP contribution in [-0.4, -0.2) is 37.7 Å². The van der Waals surface area contributed by atoms with Gasteiger partial charge in [-0.15, -0.1) is 0 Å². The van der Waals surface area contributed by atoms with Crippen molar-refractivity contribution in [2.45, 2.75) is 31.8 Å². The smallest absolute Gasteiger partial charge is 0.0635 e. The second-order valence-electron chi connectivity index (χ2n) is 4.98. The standard InChI is InChI=1S/C16H24BrN3O/c1-3-15(19)16(13-7-4-5-8-14(13)17)20(10-6-9-18)11-12-21-2/h4-5,7-8,15-16H,3,6,10-12,19H2,1-2H3. The van der Waals surface area contributed by atoms with Gasteiger partial charge in [-0.1, -0.05) is 41.1 Å². The van der Waals surface area contributed by atoms with Crippen LogP contribution in [0.2, 0.25) is 0 Å². The van der Waals surface area contributed by atoms with E-state index in [1.54, 1.807) is 7.11 Å². The largest absolute Gasteiger partial charge is 0.383 e. The van der Waals surface area contributed by atoms with Crippen LogP contribution >= 0.6 is 15.9 Å². The molecule has 1 aromatic carbocycles. The predicted octanol–water partition coefficient (Wildman–Crippen LogP) is 3.09. The van der Waals surface area contributed by atoms with Crippen molar-refractivity contribution in [1.29, 1.82) is 5.26 Å². The molecule has 0 saturated heterocycles. The van der Waals surface area contributed by atoms with E-state index in [4.69, 9.17) is 15.7 Å². The molecule has 0 amide bonds. The van der Waals surface area contributed by atoms with E-state index in [-0.39, 0.29) is 12.1 Å². The first-order valence-corrected chi connectivity index (χ1v) is 8.04. The number of hydrogen-bond acceptors (Lipinski definition) is 4. The molecule has 5 heteroatoms. The summed E-state index contributed by atoms with van der Waals surface area (Å²) >= 11 is 3.62. The minimum Gasteiger partial charge on any atom is -0.383 e. The molecule has 0 aliphatic rings. The molecule has 2 unspecified atom stereocenters. The third-order valence-corrected chi connectivity index (χ3v) is 4.31. The molecule has 0 aromatic heterocycles. The lowest BCUT2D eigenvalue weighted by atomic mass is 9.96. The third-order valence-electron chi connectivity index (χ3n) is 3.59. The van der Waals surface area contributed by atoms with Gasteiger partial charge in [-0.2, -0.15) is 5.26 Å². The van der Waals surface area contributed by atoms with Crippen molar-refractivity contribution in [3.05, 3.63) is 34.3 Å². The molecular weight excluding hydrogens is 330 g/mol. The van der Waals surface area contributed by atoms with Gasteiger partial charge in [-0.05, 0) is 18.1 Å². The van der Waals surface area contributed by atoms with Crippen LogP contribution in [0.25, 0.3) is 0 Å². The van der Waals surface area contributed by atoms with Crippen LogP contribution in [0.3, 0.4) is 0 Å². The molecule has 0 radical (unpaired) electrons. The predicted molar refractivity (Wildman–Crippen MR) is 88.8 cm³/mol. The van der Waals surface area contributed by atoms with Gasteiger partial charge in [-0.25, -0.2) is 0 Å². The average molecular weight is 354 g/mol. The number of ether oxygens (including phenoxy) is 1. The Labute approximate surface area is 136 Å². The van der Waals surface area contributed by atoms with E-state index in [9.17, 15) is 0 Å². The Morgan fingerprint density at radius 3 is 2.67 bits per heavy atom. The van der Waals surface area contributed by atoms with E-state index in [0.29, 0.717) is 19.6 Å². The minimum absolute atomic E-state index is 0.0132. The number of halogens is 1. The van der Waals surface area contributed by atoms with E-state index in [1.165, 1.54) is 5.56 Å². The Kier molecular flexibility index (Phi) is 8.55. The molecule has 0 heterocycles. The van der Waals surface area contributed by atoms with Crippen LogP contribution in [0.4, 0.5) is 0 Å². The molecule has 1 rings (SSSR count). The molecule has 0 fully saturated rings. The van der Waals surface area contributed by atoms with E-state index in [2.05, 4.69) is 39.9 Å². The van der Waals surface area contributed by atoms with Gasteiger partial charge in [0.15, 0.2) is 0 Å². The van der Waals surface area contributed by atoms with E-state index >= 15 is 0 Å². The highest BCUT2D eigenvalue weighted by Gasteiger charge is 2.26. The van der Waals surface area contributed by atoms with E-state index < -0.39 is 0 Å². The summed E-state index contributed by atoms with van der Waals surface area (Å²) in [5, 5.41) is 8.89. The molecule has 0 aliphatic carbocycles. The van der Waals surface area contributed by atoms with Crippen molar-refractivity contribution in [2.24, 2.45) is 5.73 Å². The molecule has 21 heavy (non-hydrogen) atoms. The first-order chi connectivity index (χ1) is 10.2. The molecular formula is C16H24BrN3O. The lowest BCUT2D eigenvalue weighted by Gasteiger charge is -2.35. The number of nitrogens with zero attached hydrogens (tertiary/aromatic N) is 2. The van der Waals surface area contributed by atoms with Crippen LogP contribution in [0, 0.1) is 11.3 Å². The second kappa shape index (κ2) is 9.91. The van der Waals surface area contributed by atoms with E-state index in [1.807, 2.05) is 18.2 Å². The molecule has 1 aromatic rings. The van der Waals surface area contributed by atoms with Crippen molar-refractivity contribution in [3.63, 3.8) is 0 Å². The topological polar surface area (TPSA) is 62.3 Å². The van der Waals surface area contributed by atoms with Crippen molar-refractivity contribution in [3.8, 4) is 6.07 Å². The third kappa shape index (κ3) is 5.40. The van der Waals surface area contributed by atoms with Crippen LogP contribution in [0.5, 0.6) is 0 Å². The summed E-state index contributed by atoms with van der Waals surface area (Å²) in [6, 6.07) is 10.5. The monoisotopic (exact) mass is 353 g/mol. The lowest BCUT2D eigenvalue weighted by Crippen LogP contribution is -2.43. The normalized spacial score (nSPS) is 13.9. The second-order valence-corrected chi connectivity index (χ2v) is 5.83. The summed E-state index contributed by atoms with van der Waals surface area (Å²) in [5.74, 6) is 0. The van der Waals surface area contributed by atoms with Gasteiger partial charge in [0.2, 0.25) is 0 Å². The summed E-state index contributed by atoms with van der Waals surface area (Å²) < 4.78 is 6.26. The van der Waals surface area contributed by atoms with Gasteiger partial charge in [0.1, 0.15) is 0 Å². The number of methoxy groups -OCH3 is 1. The summed E-state index contributed by atoms with van der Waals surface area (Å²) in [6.45, 7) is 4.17. The Balaban J connectivity index is 3.07. The van der Waals surface area contributed by atoms with E-state index in [0.717, 1.165) is 17.4 Å². The van der Waals surface area contributed by atoms with Crippen LogP contribution in [-0.2, 0) is 4.74 Å². The van der Waals surface area contributed by atoms with Gasteiger partial charge < -0.3 is 10.5 Å². The van der Waals surface area contributed by atoms with Crippen molar-refractivity contribution < 1.29 is 4.74 Å². The first-order valence-electron chi connectivity index (χ1n) is 7.25. The van der Waals surface area contributed by atoms with Crippen LogP contribution in [0.15, 0.2) is 28.7 Å². The summed E-state index contributed by atoms with van der Waals surface area (Å²) in [6.07, 6.45) is 1.36. The molecule has 2 N–H and O–H groups in total. The zero-order valence-corrected chi connectivity index (χ0v) is 14.3. The Morgan fingerprint density at radius 2 is 2.10 bits per heavy atom. The molecule has 0 aliphatic heterocycles. The number of nitrogens with two attached hydrogens (primary N) is 1. The van der Waals surface area contributed by atoms with Crippen LogP contribution in [0.1, 0.15) is 31.4 Å². The fourth-order valence-electron chi connectivity index (χ4n) is 2.43. The molecule has 0 bridgehead atoms. The number of rotatable bonds is 9. The van der Waals surface area contributed by atoms with Crippen molar-refractivity contribution in [1.82, 2.24) is 4.90 Å². The molecule has 0 spiro atoms. The highest BCUT2D eigenvalue weighted by atomic mass is 79.9. The Hall–Kier alpha value is -0.930. The first kappa shape index (κ1) is 18.1. The number of benzene rings is 1. The zero-order valence-electron chi connectivity index (χ0n) is 12.8. The lowest BCUT2D eigenvalue weighted by molar-refractivity contribution is 0.109. The van der Waals surface area contributed by atoms with Gasteiger partial charge in [0, 0.05) is 37.1 Å². The summed E-state index contributed by atoms with van der Waals surface area (Å²) in [7, 11) is 1.69. The fraction of sp³-hybridized carbons (Fsp3) is 0.562. The van der Waals surface area contributed by atoms with Crippen molar-refractivity contribution in [2.75, 3.05) is 26.8 Å². The van der Waals surface area contributed by atoms with Crippen molar-refractivity contribution >= 4 is 15.9 Å². The fourth-order valence-corrected chi connectivity index (χ4v) is 2.95.